The number of aryl methyl sites for hydroxylation is 2. The van der Waals surface area contributed by atoms with Crippen LogP contribution < -0.4 is 0 Å². The molecule has 0 aliphatic heterocycles. The second-order valence-electron chi connectivity index (χ2n) is 4.32. The highest BCUT2D eigenvalue weighted by atomic mass is 35.5. The lowest BCUT2D eigenvalue weighted by Crippen LogP contribution is -1.94. The van der Waals surface area contributed by atoms with Crippen molar-refractivity contribution in [3.8, 4) is 11.1 Å². The highest BCUT2D eigenvalue weighted by molar-refractivity contribution is 6.35. The van der Waals surface area contributed by atoms with Crippen LogP contribution in [0.2, 0.25) is 5.02 Å². The molecule has 3 nitrogen and oxygen atoms in total. The van der Waals surface area contributed by atoms with Crippen molar-refractivity contribution in [2.45, 2.75) is 13.8 Å². The summed E-state index contributed by atoms with van der Waals surface area (Å²) >= 11 is 6.08. The van der Waals surface area contributed by atoms with Gasteiger partial charge in [-0.3, -0.25) is 0 Å². The number of benzene rings is 1. The van der Waals surface area contributed by atoms with Crippen molar-refractivity contribution in [1.29, 1.82) is 0 Å². The molecule has 1 aromatic carbocycles. The molecule has 3 aromatic rings. The second-order valence-corrected chi connectivity index (χ2v) is 4.72. The summed E-state index contributed by atoms with van der Waals surface area (Å²) in [5.74, 6) is 0. The van der Waals surface area contributed by atoms with Crippen molar-refractivity contribution in [2.24, 2.45) is 0 Å². The molecule has 2 aromatic heterocycles. The Hall–Kier alpha value is -1.87. The molecule has 0 aliphatic rings. The molecule has 0 aliphatic carbocycles. The molecule has 0 saturated carbocycles. The number of aromatic amines is 1. The third kappa shape index (κ3) is 1.68. The lowest BCUT2D eigenvalue weighted by atomic mass is 10.0. The van der Waals surface area contributed by atoms with E-state index in [9.17, 15) is 0 Å². The molecule has 0 spiro atoms. The summed E-state index contributed by atoms with van der Waals surface area (Å²) in [7, 11) is 0. The number of hydrogen-bond donors (Lipinski definition) is 1. The first-order chi connectivity index (χ1) is 8.66. The number of nitrogens with one attached hydrogen (secondary N) is 1. The van der Waals surface area contributed by atoms with E-state index in [0.29, 0.717) is 0 Å². The minimum Gasteiger partial charge on any atom is -0.360 e. The van der Waals surface area contributed by atoms with Crippen molar-refractivity contribution in [3.63, 3.8) is 0 Å². The monoisotopic (exact) mass is 257 g/mol. The molecule has 0 atom stereocenters. The molecular weight excluding hydrogens is 246 g/mol. The average Bonchev–Trinajstić information content (AvgIpc) is 2.71. The van der Waals surface area contributed by atoms with Crippen LogP contribution in [0.15, 0.2) is 30.7 Å². The van der Waals surface area contributed by atoms with Gasteiger partial charge in [0.15, 0.2) is 0 Å². The van der Waals surface area contributed by atoms with Crippen LogP contribution in [0.1, 0.15) is 11.4 Å². The Bertz CT molecular complexity index is 711. The molecule has 18 heavy (non-hydrogen) atoms. The fourth-order valence-corrected chi connectivity index (χ4v) is 2.48. The van der Waals surface area contributed by atoms with E-state index in [1.54, 1.807) is 12.5 Å². The molecule has 0 amide bonds. The predicted molar refractivity (Wildman–Crippen MR) is 73.8 cm³/mol. The van der Waals surface area contributed by atoms with E-state index < -0.39 is 0 Å². The van der Waals surface area contributed by atoms with E-state index in [2.05, 4.69) is 27.1 Å². The number of rotatable bonds is 1. The molecule has 2 heterocycles. The van der Waals surface area contributed by atoms with Crippen LogP contribution in [0, 0.1) is 13.8 Å². The van der Waals surface area contributed by atoms with Gasteiger partial charge in [-0.1, -0.05) is 23.7 Å². The molecule has 3 rings (SSSR count). The zero-order valence-corrected chi connectivity index (χ0v) is 10.9. The first-order valence-corrected chi connectivity index (χ1v) is 6.10. The Morgan fingerprint density at radius 2 is 1.83 bits per heavy atom. The first-order valence-electron chi connectivity index (χ1n) is 5.72. The van der Waals surface area contributed by atoms with E-state index in [-0.39, 0.29) is 0 Å². The third-order valence-corrected chi connectivity index (χ3v) is 3.46. The summed E-state index contributed by atoms with van der Waals surface area (Å²) in [6, 6.07) is 6.16. The number of H-pyrrole nitrogens is 1. The molecule has 0 bridgehead atoms. The van der Waals surface area contributed by atoms with Gasteiger partial charge in [-0.05, 0) is 25.5 Å². The van der Waals surface area contributed by atoms with Crippen molar-refractivity contribution < 1.29 is 0 Å². The molecule has 1 N–H and O–H groups in total. The summed E-state index contributed by atoms with van der Waals surface area (Å²) in [5, 5.41) is 1.78. The standard InChI is InChI=1S/C14H12ClN3/c1-8-14(9(2)18-7-17-8)10-3-4-11-12(15)6-16-13(11)5-10/h3-7,16H,1-2H3. The SMILES string of the molecule is Cc1ncnc(C)c1-c1ccc2c(Cl)c[nH]c2c1. The van der Waals surface area contributed by atoms with E-state index >= 15 is 0 Å². The molecule has 0 radical (unpaired) electrons. The van der Waals surface area contributed by atoms with Gasteiger partial charge in [-0.25, -0.2) is 9.97 Å². The van der Waals surface area contributed by atoms with Gasteiger partial charge in [0.05, 0.1) is 5.02 Å². The quantitative estimate of drug-likeness (QED) is 0.718. The van der Waals surface area contributed by atoms with Crippen molar-refractivity contribution in [1.82, 2.24) is 15.0 Å². The van der Waals surface area contributed by atoms with Crippen LogP contribution in [0.4, 0.5) is 0 Å². The number of hydrogen-bond acceptors (Lipinski definition) is 2. The van der Waals surface area contributed by atoms with Crippen LogP contribution >= 0.6 is 11.6 Å². The largest absolute Gasteiger partial charge is 0.360 e. The summed E-state index contributed by atoms with van der Waals surface area (Å²) < 4.78 is 0. The summed E-state index contributed by atoms with van der Waals surface area (Å²) in [6.07, 6.45) is 3.40. The molecule has 0 unspecified atom stereocenters. The van der Waals surface area contributed by atoms with Gasteiger partial charge in [0.25, 0.3) is 0 Å². The van der Waals surface area contributed by atoms with E-state index in [1.807, 2.05) is 19.9 Å². The summed E-state index contributed by atoms with van der Waals surface area (Å²) in [6.45, 7) is 3.99. The minimum absolute atomic E-state index is 0.745. The number of halogens is 1. The van der Waals surface area contributed by atoms with Crippen LogP contribution in [0.5, 0.6) is 0 Å². The Balaban J connectivity index is 2.26. The fraction of sp³-hybridized carbons (Fsp3) is 0.143. The predicted octanol–water partition coefficient (Wildman–Crippen LogP) is 3.90. The maximum absolute atomic E-state index is 6.08. The maximum Gasteiger partial charge on any atom is 0.115 e. The van der Waals surface area contributed by atoms with Crippen molar-refractivity contribution >= 4 is 22.5 Å². The number of nitrogens with zero attached hydrogens (tertiary/aromatic N) is 2. The maximum atomic E-state index is 6.08. The van der Waals surface area contributed by atoms with E-state index in [4.69, 9.17) is 11.6 Å². The highest BCUT2D eigenvalue weighted by Gasteiger charge is 2.09. The van der Waals surface area contributed by atoms with Gasteiger partial charge in [0, 0.05) is 34.1 Å². The minimum atomic E-state index is 0.745. The Labute approximate surface area is 110 Å². The van der Waals surface area contributed by atoms with Gasteiger partial charge >= 0.3 is 0 Å². The zero-order valence-electron chi connectivity index (χ0n) is 10.2. The third-order valence-electron chi connectivity index (χ3n) is 3.15. The van der Waals surface area contributed by atoms with Gasteiger partial charge < -0.3 is 4.98 Å². The molecule has 0 fully saturated rings. The normalized spacial score (nSPS) is 11.1. The average molecular weight is 258 g/mol. The Morgan fingerprint density at radius 3 is 2.56 bits per heavy atom. The second kappa shape index (κ2) is 4.10. The molecule has 4 heteroatoms. The summed E-state index contributed by atoms with van der Waals surface area (Å²) in [5.41, 5.74) is 5.20. The number of fused-ring (bicyclic) bond motifs is 1. The smallest absolute Gasteiger partial charge is 0.115 e. The van der Waals surface area contributed by atoms with Gasteiger partial charge in [0.2, 0.25) is 0 Å². The number of aromatic nitrogens is 3. The van der Waals surface area contributed by atoms with Crippen molar-refractivity contribution in [2.75, 3.05) is 0 Å². The van der Waals surface area contributed by atoms with E-state index in [0.717, 1.165) is 38.4 Å². The van der Waals surface area contributed by atoms with Gasteiger partial charge in [-0.15, -0.1) is 0 Å². The van der Waals surface area contributed by atoms with Crippen molar-refractivity contribution in [3.05, 3.63) is 47.1 Å². The lowest BCUT2D eigenvalue weighted by Gasteiger charge is -2.08. The Morgan fingerprint density at radius 1 is 1.11 bits per heavy atom. The van der Waals surface area contributed by atoms with Crippen LogP contribution in [0.3, 0.4) is 0 Å². The summed E-state index contributed by atoms with van der Waals surface area (Å²) in [4.78, 5) is 11.7. The molecular formula is C14H12ClN3. The molecule has 0 saturated heterocycles. The lowest BCUT2D eigenvalue weighted by molar-refractivity contribution is 1.06. The van der Waals surface area contributed by atoms with Crippen LogP contribution in [-0.2, 0) is 0 Å². The fourth-order valence-electron chi connectivity index (χ4n) is 2.26. The highest BCUT2D eigenvalue weighted by Crippen LogP contribution is 2.30. The molecule has 90 valence electrons. The zero-order chi connectivity index (χ0) is 12.7. The Kier molecular flexibility index (Phi) is 2.56. The first kappa shape index (κ1) is 11.2. The topological polar surface area (TPSA) is 41.6 Å². The van der Waals surface area contributed by atoms with Gasteiger partial charge in [0.1, 0.15) is 6.33 Å². The van der Waals surface area contributed by atoms with Gasteiger partial charge in [-0.2, -0.15) is 0 Å². The van der Waals surface area contributed by atoms with E-state index in [1.165, 1.54) is 0 Å². The van der Waals surface area contributed by atoms with Crippen LogP contribution in [0.25, 0.3) is 22.0 Å². The van der Waals surface area contributed by atoms with Crippen LogP contribution in [-0.4, -0.2) is 15.0 Å².